The molecule has 4 atom stereocenters. The maximum atomic E-state index is 12.2. The molecule has 2 rings (SSSR count). The van der Waals surface area contributed by atoms with Gasteiger partial charge < -0.3 is 19.7 Å². The number of carbonyl (C=O) groups excluding carboxylic acids is 1. The van der Waals surface area contributed by atoms with Crippen molar-refractivity contribution in [2.45, 2.75) is 95.7 Å². The number of carbonyl (C=O) groups is 1. The molecule has 3 N–H and O–H groups in total. The quantitative estimate of drug-likeness (QED) is 0.277. The van der Waals surface area contributed by atoms with Crippen LogP contribution in [0, 0.1) is 0 Å². The van der Waals surface area contributed by atoms with E-state index in [1.807, 2.05) is 0 Å². The number of esters is 1. The summed E-state index contributed by atoms with van der Waals surface area (Å²) in [5, 5.41) is 20.2. The van der Waals surface area contributed by atoms with E-state index in [0.717, 1.165) is 23.8 Å². The number of ether oxygens (including phenoxy) is 2. The van der Waals surface area contributed by atoms with Gasteiger partial charge in [0.05, 0.1) is 11.1 Å². The molecule has 0 amide bonds. The van der Waals surface area contributed by atoms with Gasteiger partial charge in [0.2, 0.25) is 0 Å². The second-order valence-corrected chi connectivity index (χ2v) is 8.77. The van der Waals surface area contributed by atoms with Gasteiger partial charge in [0, 0.05) is 12.6 Å². The average molecular weight is 505 g/mol. The predicted molar refractivity (Wildman–Crippen MR) is 118 cm³/mol. The Morgan fingerprint density at radius 3 is 2.39 bits per heavy atom. The fourth-order valence-electron chi connectivity index (χ4n) is 3.68. The van der Waals surface area contributed by atoms with Gasteiger partial charge in [0.15, 0.2) is 12.3 Å². The summed E-state index contributed by atoms with van der Waals surface area (Å²) in [5.41, 5.74) is -1.40. The van der Waals surface area contributed by atoms with Crippen LogP contribution in [0.25, 0.3) is 0 Å². The van der Waals surface area contributed by atoms with Gasteiger partial charge in [0.25, 0.3) is 5.56 Å². The Morgan fingerprint density at radius 1 is 1.16 bits per heavy atom. The largest absolute Gasteiger partial charge is 0.457 e. The molecule has 1 aliphatic heterocycles. The molecule has 2 heterocycles. The monoisotopic (exact) mass is 504 g/mol. The Balaban J connectivity index is 1.81. The first-order valence-electron chi connectivity index (χ1n) is 11.0. The number of aromatic amines is 1. The van der Waals surface area contributed by atoms with E-state index in [1.165, 1.54) is 38.3 Å². The lowest BCUT2D eigenvalue weighted by Crippen LogP contribution is -2.40. The molecule has 0 spiro atoms. The van der Waals surface area contributed by atoms with Gasteiger partial charge in [-0.15, -0.1) is 0 Å². The number of unbranched alkanes of at least 4 members (excludes halogenated alkanes) is 8. The molecule has 1 aromatic rings. The third-order valence-electron chi connectivity index (χ3n) is 5.44. The maximum Gasteiger partial charge on any atom is 0.330 e. The lowest BCUT2D eigenvalue weighted by atomic mass is 10.1. The highest BCUT2D eigenvalue weighted by Crippen LogP contribution is 2.31. The van der Waals surface area contributed by atoms with Gasteiger partial charge in [-0.2, -0.15) is 0 Å². The lowest BCUT2D eigenvalue weighted by Gasteiger charge is -2.20. The van der Waals surface area contributed by atoms with Crippen LogP contribution in [-0.2, 0) is 14.3 Å². The molecule has 0 bridgehead atoms. The molecular formula is C21H33BrN2O7. The van der Waals surface area contributed by atoms with Gasteiger partial charge in [-0.3, -0.25) is 19.1 Å². The first kappa shape index (κ1) is 25.8. The first-order chi connectivity index (χ1) is 14.9. The molecule has 1 saturated heterocycles. The number of halogens is 1. The number of aliphatic hydroxyl groups excluding tert-OH is 2. The minimum absolute atomic E-state index is 0.0780. The predicted octanol–water partition coefficient (Wildman–Crippen LogP) is 2.38. The number of H-pyrrole nitrogens is 1. The van der Waals surface area contributed by atoms with E-state index in [0.29, 0.717) is 6.42 Å². The van der Waals surface area contributed by atoms with E-state index in [2.05, 4.69) is 27.8 Å². The van der Waals surface area contributed by atoms with Crippen LogP contribution in [0.3, 0.4) is 0 Å². The molecule has 10 heteroatoms. The summed E-state index contributed by atoms with van der Waals surface area (Å²) in [6, 6.07) is 0. The number of aliphatic hydroxyl groups is 2. The van der Waals surface area contributed by atoms with Crippen molar-refractivity contribution in [1.82, 2.24) is 9.55 Å². The summed E-state index contributed by atoms with van der Waals surface area (Å²) in [6.07, 6.45) is 6.86. The molecule has 0 aromatic carbocycles. The average Bonchev–Trinajstić information content (AvgIpc) is 3.04. The van der Waals surface area contributed by atoms with E-state index >= 15 is 0 Å². The van der Waals surface area contributed by atoms with Crippen molar-refractivity contribution in [2.24, 2.45) is 0 Å². The molecule has 0 unspecified atom stereocenters. The molecular weight excluding hydrogens is 472 g/mol. The summed E-state index contributed by atoms with van der Waals surface area (Å²) in [4.78, 5) is 37.9. The fraction of sp³-hybridized carbons (Fsp3) is 0.762. The topological polar surface area (TPSA) is 131 Å². The van der Waals surface area contributed by atoms with Crippen molar-refractivity contribution in [3.05, 3.63) is 31.5 Å². The Bertz CT molecular complexity index is 810. The highest BCUT2D eigenvalue weighted by Gasteiger charge is 2.47. The highest BCUT2D eigenvalue weighted by atomic mass is 79.9. The van der Waals surface area contributed by atoms with E-state index < -0.39 is 48.4 Å². The van der Waals surface area contributed by atoms with Crippen LogP contribution in [0.5, 0.6) is 0 Å². The zero-order valence-electron chi connectivity index (χ0n) is 17.9. The normalized spacial score (nSPS) is 23.2. The van der Waals surface area contributed by atoms with Crippen LogP contribution in [0.2, 0.25) is 0 Å². The molecule has 9 nitrogen and oxygen atoms in total. The third-order valence-corrected chi connectivity index (χ3v) is 6.00. The van der Waals surface area contributed by atoms with Crippen LogP contribution in [0.4, 0.5) is 0 Å². The number of nitrogens with one attached hydrogen (secondary N) is 1. The van der Waals surface area contributed by atoms with E-state index in [9.17, 15) is 24.6 Å². The highest BCUT2D eigenvalue weighted by molar-refractivity contribution is 9.10. The van der Waals surface area contributed by atoms with Gasteiger partial charge in [0.1, 0.15) is 12.2 Å². The molecule has 31 heavy (non-hydrogen) atoms. The van der Waals surface area contributed by atoms with E-state index in [4.69, 9.17) is 9.47 Å². The molecule has 0 aliphatic carbocycles. The van der Waals surface area contributed by atoms with Crippen LogP contribution >= 0.6 is 15.9 Å². The lowest BCUT2D eigenvalue weighted by molar-refractivity contribution is -0.156. The van der Waals surface area contributed by atoms with Crippen molar-refractivity contribution in [3.63, 3.8) is 0 Å². The standard InChI is InChI=1S/C21H33BrN2O7/c1-2-3-4-5-6-7-8-9-10-11-16(26)31-18-15(13-25)30-20(17(18)27)24-12-14(22)19(28)23-21(24)29/h12,15,17-18,20,25,27H,2-11,13H2,1H3,(H,23,28,29)/t15-,17-,18-,20-/m1/s1. The van der Waals surface area contributed by atoms with Gasteiger partial charge in [-0.25, -0.2) is 4.79 Å². The summed E-state index contributed by atoms with van der Waals surface area (Å²) >= 11 is 3.02. The van der Waals surface area contributed by atoms with Crippen LogP contribution in [0.1, 0.15) is 77.4 Å². The zero-order valence-corrected chi connectivity index (χ0v) is 19.5. The number of aromatic nitrogens is 2. The van der Waals surface area contributed by atoms with E-state index in [-0.39, 0.29) is 10.9 Å². The summed E-state index contributed by atoms with van der Waals surface area (Å²) in [7, 11) is 0. The maximum absolute atomic E-state index is 12.2. The minimum atomic E-state index is -1.38. The molecule has 1 fully saturated rings. The van der Waals surface area contributed by atoms with Crippen LogP contribution in [0.15, 0.2) is 20.3 Å². The van der Waals surface area contributed by atoms with Crippen molar-refractivity contribution in [1.29, 1.82) is 0 Å². The first-order valence-corrected chi connectivity index (χ1v) is 11.8. The zero-order chi connectivity index (χ0) is 22.8. The van der Waals surface area contributed by atoms with Crippen molar-refractivity contribution < 1.29 is 24.5 Å². The molecule has 1 aromatic heterocycles. The SMILES string of the molecule is CCCCCCCCCCCC(=O)O[C@H]1[C@@H](O)[C@H](n2cc(Br)c(=O)[nH]c2=O)O[C@@H]1CO. The molecule has 176 valence electrons. The third kappa shape index (κ3) is 7.55. The Labute approximate surface area is 189 Å². The van der Waals surface area contributed by atoms with Gasteiger partial charge in [-0.05, 0) is 22.4 Å². The van der Waals surface area contributed by atoms with Crippen LogP contribution in [-0.4, -0.2) is 50.7 Å². The summed E-state index contributed by atoms with van der Waals surface area (Å²) < 4.78 is 12.0. The molecule has 0 saturated carbocycles. The summed E-state index contributed by atoms with van der Waals surface area (Å²) in [6.45, 7) is 1.70. The second kappa shape index (κ2) is 13.1. The molecule has 1 aliphatic rings. The van der Waals surface area contributed by atoms with Crippen molar-refractivity contribution in [3.8, 4) is 0 Å². The van der Waals surface area contributed by atoms with Gasteiger partial charge >= 0.3 is 11.7 Å². The Hall–Kier alpha value is -1.49. The van der Waals surface area contributed by atoms with Crippen LogP contribution < -0.4 is 11.2 Å². The van der Waals surface area contributed by atoms with Crippen molar-refractivity contribution >= 4 is 21.9 Å². The fourth-order valence-corrected chi connectivity index (χ4v) is 4.00. The number of hydrogen-bond donors (Lipinski definition) is 3. The molecule has 0 radical (unpaired) electrons. The second-order valence-electron chi connectivity index (χ2n) is 7.91. The number of rotatable bonds is 13. The Morgan fingerprint density at radius 2 is 1.77 bits per heavy atom. The Kier molecular flexibility index (Phi) is 10.9. The van der Waals surface area contributed by atoms with Gasteiger partial charge in [-0.1, -0.05) is 58.3 Å². The summed E-state index contributed by atoms with van der Waals surface area (Å²) in [5.74, 6) is -0.482. The minimum Gasteiger partial charge on any atom is -0.457 e. The van der Waals surface area contributed by atoms with Crippen molar-refractivity contribution in [2.75, 3.05) is 6.61 Å². The smallest absolute Gasteiger partial charge is 0.330 e. The van der Waals surface area contributed by atoms with E-state index in [1.54, 1.807) is 0 Å². The number of nitrogens with zero attached hydrogens (tertiary/aromatic N) is 1. The number of hydrogen-bond acceptors (Lipinski definition) is 7.